The summed E-state index contributed by atoms with van der Waals surface area (Å²) in [4.78, 5) is 7.09. The first-order valence-corrected chi connectivity index (χ1v) is 10.7. The van der Waals surface area contributed by atoms with Gasteiger partial charge in [-0.25, -0.2) is 0 Å². The van der Waals surface area contributed by atoms with Gasteiger partial charge in [0.2, 0.25) is 0 Å². The Morgan fingerprint density at radius 1 is 1.15 bits per heavy atom. The van der Waals surface area contributed by atoms with E-state index in [1.807, 2.05) is 7.05 Å². The number of allylic oxidation sites excluding steroid dienone is 2. The smallest absolute Gasteiger partial charge is 0.109 e. The first kappa shape index (κ1) is 22.8. The highest BCUT2D eigenvalue weighted by molar-refractivity contribution is 5.84. The Morgan fingerprint density at radius 2 is 1.88 bits per heavy atom. The Bertz CT molecular complexity index is 480. The Kier molecular flexibility index (Phi) is 10.7. The first-order chi connectivity index (χ1) is 12.5. The number of amidine groups is 1. The van der Waals surface area contributed by atoms with Crippen molar-refractivity contribution in [1.82, 2.24) is 4.90 Å². The molecule has 0 aromatic rings. The first-order valence-electron chi connectivity index (χ1n) is 10.7. The van der Waals surface area contributed by atoms with E-state index in [1.165, 1.54) is 30.0 Å². The quantitative estimate of drug-likeness (QED) is 0.276. The number of rotatable bonds is 9. The third-order valence-electron chi connectivity index (χ3n) is 5.75. The number of hydrogen-bond acceptors (Lipinski definition) is 2. The second kappa shape index (κ2) is 12.2. The van der Waals surface area contributed by atoms with Crippen molar-refractivity contribution in [3.63, 3.8) is 0 Å². The van der Waals surface area contributed by atoms with Crippen LogP contribution in [0, 0.1) is 11.8 Å². The molecule has 0 saturated carbocycles. The lowest BCUT2D eigenvalue weighted by Crippen LogP contribution is -2.40. The van der Waals surface area contributed by atoms with Gasteiger partial charge in [0.05, 0.1) is 5.76 Å². The average Bonchev–Trinajstić information content (AvgIpc) is 2.64. The van der Waals surface area contributed by atoms with Crippen molar-refractivity contribution in [1.29, 1.82) is 0 Å². The van der Waals surface area contributed by atoms with Gasteiger partial charge in [-0.05, 0) is 49.7 Å². The van der Waals surface area contributed by atoms with Crippen LogP contribution in [0.5, 0.6) is 0 Å². The zero-order valence-corrected chi connectivity index (χ0v) is 18.3. The highest BCUT2D eigenvalue weighted by atomic mass is 16.5. The molecule has 2 unspecified atom stereocenters. The van der Waals surface area contributed by atoms with Gasteiger partial charge in [0.1, 0.15) is 12.4 Å². The Hall–Kier alpha value is -1.25. The van der Waals surface area contributed by atoms with Crippen LogP contribution >= 0.6 is 0 Å². The Labute approximate surface area is 162 Å². The molecule has 3 heteroatoms. The summed E-state index contributed by atoms with van der Waals surface area (Å²) in [6.45, 7) is 12.2. The molecule has 0 N–H and O–H groups in total. The molecule has 1 aliphatic rings. The highest BCUT2D eigenvalue weighted by Gasteiger charge is 2.22. The van der Waals surface area contributed by atoms with Crippen molar-refractivity contribution in [2.45, 2.75) is 85.6 Å². The van der Waals surface area contributed by atoms with Crippen molar-refractivity contribution in [2.75, 3.05) is 20.7 Å². The van der Waals surface area contributed by atoms with Crippen LogP contribution < -0.4 is 0 Å². The molecule has 1 rings (SSSR count). The van der Waals surface area contributed by atoms with E-state index >= 15 is 0 Å². The maximum absolute atomic E-state index is 5.88. The molecular weight excluding hydrogens is 320 g/mol. The monoisotopic (exact) mass is 362 g/mol. The normalized spacial score (nSPS) is 22.2. The number of hydrogen-bond donors (Lipinski definition) is 0. The molecule has 0 aromatic carbocycles. The van der Waals surface area contributed by atoms with Gasteiger partial charge in [-0.15, -0.1) is 0 Å². The zero-order chi connectivity index (χ0) is 19.5. The fourth-order valence-electron chi connectivity index (χ4n) is 3.85. The molecular formula is C23H42N2O. The van der Waals surface area contributed by atoms with Gasteiger partial charge < -0.3 is 9.64 Å². The summed E-state index contributed by atoms with van der Waals surface area (Å²) in [5.74, 6) is 3.69. The van der Waals surface area contributed by atoms with Gasteiger partial charge in [0, 0.05) is 32.5 Å². The number of aliphatic imine (C=N–C) groups is 1. The van der Waals surface area contributed by atoms with Gasteiger partial charge >= 0.3 is 0 Å². The lowest BCUT2D eigenvalue weighted by Gasteiger charge is -2.33. The highest BCUT2D eigenvalue weighted by Crippen LogP contribution is 2.24. The summed E-state index contributed by atoms with van der Waals surface area (Å²) in [6.07, 6.45) is 12.6. The van der Waals surface area contributed by atoms with E-state index in [2.05, 4.69) is 63.7 Å². The summed E-state index contributed by atoms with van der Waals surface area (Å²) in [7, 11) is 4.17. The van der Waals surface area contributed by atoms with Crippen LogP contribution in [-0.2, 0) is 4.74 Å². The van der Waals surface area contributed by atoms with Crippen LogP contribution in [0.2, 0.25) is 0 Å². The molecule has 26 heavy (non-hydrogen) atoms. The third kappa shape index (κ3) is 7.17. The lowest BCUT2D eigenvalue weighted by molar-refractivity contribution is 0.202. The minimum atomic E-state index is 0.508. The van der Waals surface area contributed by atoms with E-state index < -0.39 is 0 Å². The van der Waals surface area contributed by atoms with E-state index in [1.54, 1.807) is 0 Å². The SMILES string of the molecule is CC/C=C1\CC/C(=C\CC(CC)N(C)/C(=N\C)[C@H](C)CC(C)CC)CO1. The Balaban J connectivity index is 2.66. The zero-order valence-electron chi connectivity index (χ0n) is 18.3. The lowest BCUT2D eigenvalue weighted by atomic mass is 9.93. The molecule has 0 bridgehead atoms. The van der Waals surface area contributed by atoms with Crippen molar-refractivity contribution < 1.29 is 4.74 Å². The molecule has 3 nitrogen and oxygen atoms in total. The standard InChI is InChI=1S/C23H42N2O/c1-8-11-22-15-13-20(17-26-22)12-14-21(10-3)25(7)23(24-6)19(5)16-18(4)9-2/h11-12,18-19,21H,8-10,13-17H2,1-7H3/b20-12+,22-11+,24-23-/t18?,19-,21?/m1/s1. The molecule has 0 amide bonds. The van der Waals surface area contributed by atoms with E-state index in [4.69, 9.17) is 4.74 Å². The predicted octanol–water partition coefficient (Wildman–Crippen LogP) is 6.22. The maximum atomic E-state index is 5.88. The summed E-state index contributed by atoms with van der Waals surface area (Å²) >= 11 is 0. The molecule has 1 aliphatic heterocycles. The topological polar surface area (TPSA) is 24.8 Å². The molecule has 0 spiro atoms. The van der Waals surface area contributed by atoms with Crippen LogP contribution in [0.1, 0.15) is 79.6 Å². The number of nitrogens with zero attached hydrogens (tertiary/aromatic N) is 2. The molecule has 1 heterocycles. The molecule has 150 valence electrons. The summed E-state index contributed by atoms with van der Waals surface area (Å²) in [5.41, 5.74) is 1.45. The van der Waals surface area contributed by atoms with Crippen molar-refractivity contribution in [3.8, 4) is 0 Å². The number of ether oxygens (including phenoxy) is 1. The largest absolute Gasteiger partial charge is 0.494 e. The van der Waals surface area contributed by atoms with Crippen molar-refractivity contribution in [3.05, 3.63) is 23.5 Å². The minimum Gasteiger partial charge on any atom is -0.494 e. The van der Waals surface area contributed by atoms with E-state index in [0.717, 1.165) is 44.6 Å². The van der Waals surface area contributed by atoms with Crippen LogP contribution in [-0.4, -0.2) is 37.5 Å². The van der Waals surface area contributed by atoms with E-state index in [-0.39, 0.29) is 0 Å². The molecule has 1 saturated heterocycles. The fourth-order valence-corrected chi connectivity index (χ4v) is 3.85. The molecule has 0 radical (unpaired) electrons. The summed E-state index contributed by atoms with van der Waals surface area (Å²) in [5, 5.41) is 0. The second-order valence-corrected chi connectivity index (χ2v) is 7.87. The molecule has 0 aromatic heterocycles. The van der Waals surface area contributed by atoms with Gasteiger partial charge in [0.15, 0.2) is 0 Å². The fraction of sp³-hybridized carbons (Fsp3) is 0.783. The van der Waals surface area contributed by atoms with E-state index in [9.17, 15) is 0 Å². The molecule has 1 fully saturated rings. The van der Waals surface area contributed by atoms with Gasteiger partial charge in [-0.3, -0.25) is 4.99 Å². The van der Waals surface area contributed by atoms with Crippen molar-refractivity contribution >= 4 is 5.84 Å². The molecule has 0 aliphatic carbocycles. The summed E-state index contributed by atoms with van der Waals surface area (Å²) < 4.78 is 5.88. The van der Waals surface area contributed by atoms with Gasteiger partial charge in [-0.1, -0.05) is 47.1 Å². The van der Waals surface area contributed by atoms with Gasteiger partial charge in [-0.2, -0.15) is 0 Å². The maximum Gasteiger partial charge on any atom is 0.109 e. The minimum absolute atomic E-state index is 0.508. The van der Waals surface area contributed by atoms with Crippen LogP contribution in [0.3, 0.4) is 0 Å². The predicted molar refractivity (Wildman–Crippen MR) is 115 cm³/mol. The van der Waals surface area contributed by atoms with Crippen LogP contribution in [0.4, 0.5) is 0 Å². The second-order valence-electron chi connectivity index (χ2n) is 7.87. The van der Waals surface area contributed by atoms with Crippen LogP contribution in [0.25, 0.3) is 0 Å². The Morgan fingerprint density at radius 3 is 2.38 bits per heavy atom. The molecule has 3 atom stereocenters. The summed E-state index contributed by atoms with van der Waals surface area (Å²) in [6, 6.07) is 0.508. The van der Waals surface area contributed by atoms with Crippen molar-refractivity contribution in [2.24, 2.45) is 16.8 Å². The van der Waals surface area contributed by atoms with Gasteiger partial charge in [0.25, 0.3) is 0 Å². The van der Waals surface area contributed by atoms with E-state index in [0.29, 0.717) is 12.0 Å². The average molecular weight is 363 g/mol. The van der Waals surface area contributed by atoms with Crippen LogP contribution in [0.15, 0.2) is 28.5 Å². The third-order valence-corrected chi connectivity index (χ3v) is 5.75.